The normalized spacial score (nSPS) is 51.0. The minimum absolute atomic E-state index is 0.00168. The molecule has 0 bridgehead atoms. The standard InChI is InChI=1S/C27H49NO3/c1-16(7-6-12-25(2,3)31)18-8-9-19-17-15-21(28)23-24(30)22(29)11-14-27(23,5)20(17)10-13-26(18,19)4/h16-24,29-31H,6-15,28H2,1-5H3/t16-,17+,18-,19+,20+,21?,22+,23+,24+,26-,27-/m1/s1. The Morgan fingerprint density at radius 3 is 2.32 bits per heavy atom. The van der Waals surface area contributed by atoms with Crippen LogP contribution in [0.2, 0.25) is 0 Å². The van der Waals surface area contributed by atoms with E-state index in [1.54, 1.807) is 0 Å². The van der Waals surface area contributed by atoms with E-state index in [9.17, 15) is 15.3 Å². The minimum Gasteiger partial charge on any atom is -0.390 e. The van der Waals surface area contributed by atoms with Gasteiger partial charge in [-0.1, -0.05) is 33.6 Å². The third-order valence-electron chi connectivity index (χ3n) is 11.0. The highest BCUT2D eigenvalue weighted by atomic mass is 16.3. The predicted molar refractivity (Wildman–Crippen MR) is 125 cm³/mol. The van der Waals surface area contributed by atoms with Crippen LogP contribution >= 0.6 is 0 Å². The summed E-state index contributed by atoms with van der Waals surface area (Å²) in [6.07, 6.45) is 9.92. The Kier molecular flexibility index (Phi) is 6.38. The molecule has 0 aromatic heterocycles. The first-order chi connectivity index (χ1) is 14.4. The Morgan fingerprint density at radius 2 is 1.65 bits per heavy atom. The van der Waals surface area contributed by atoms with Crippen LogP contribution in [0.4, 0.5) is 0 Å². The van der Waals surface area contributed by atoms with E-state index in [1.807, 2.05) is 13.8 Å². The van der Waals surface area contributed by atoms with E-state index < -0.39 is 17.8 Å². The molecule has 180 valence electrons. The maximum atomic E-state index is 10.8. The molecule has 31 heavy (non-hydrogen) atoms. The smallest absolute Gasteiger partial charge is 0.0847 e. The molecule has 11 atom stereocenters. The second-order valence-corrected chi connectivity index (χ2v) is 13.3. The Labute approximate surface area is 190 Å². The van der Waals surface area contributed by atoms with Crippen molar-refractivity contribution in [1.82, 2.24) is 0 Å². The van der Waals surface area contributed by atoms with Gasteiger partial charge >= 0.3 is 0 Å². The van der Waals surface area contributed by atoms with Crippen molar-refractivity contribution < 1.29 is 15.3 Å². The van der Waals surface area contributed by atoms with Gasteiger partial charge in [0.15, 0.2) is 0 Å². The number of aliphatic hydroxyl groups excluding tert-OH is 2. The minimum atomic E-state index is -0.657. The zero-order valence-electron chi connectivity index (χ0n) is 20.7. The predicted octanol–water partition coefficient (Wildman–Crippen LogP) is 4.49. The van der Waals surface area contributed by atoms with Gasteiger partial charge in [-0.25, -0.2) is 0 Å². The second-order valence-electron chi connectivity index (χ2n) is 13.3. The van der Waals surface area contributed by atoms with Gasteiger partial charge in [0.05, 0.1) is 17.8 Å². The highest BCUT2D eigenvalue weighted by Gasteiger charge is 2.63. The fourth-order valence-corrected chi connectivity index (χ4v) is 9.53. The molecule has 0 heterocycles. The van der Waals surface area contributed by atoms with Crippen molar-refractivity contribution >= 4 is 0 Å². The molecule has 0 aromatic carbocycles. The molecule has 0 amide bonds. The third-order valence-corrected chi connectivity index (χ3v) is 11.0. The molecule has 0 spiro atoms. The summed E-state index contributed by atoms with van der Waals surface area (Å²) in [5.41, 5.74) is 6.69. The van der Waals surface area contributed by atoms with Crippen molar-refractivity contribution in [2.45, 2.75) is 123 Å². The molecule has 4 nitrogen and oxygen atoms in total. The zero-order valence-corrected chi connectivity index (χ0v) is 20.7. The van der Waals surface area contributed by atoms with Crippen LogP contribution in [0.5, 0.6) is 0 Å². The van der Waals surface area contributed by atoms with Crippen LogP contribution in [0.3, 0.4) is 0 Å². The van der Waals surface area contributed by atoms with E-state index in [0.717, 1.165) is 37.5 Å². The molecule has 4 fully saturated rings. The van der Waals surface area contributed by atoms with Gasteiger partial charge in [0.2, 0.25) is 0 Å². The lowest BCUT2D eigenvalue weighted by Crippen LogP contribution is -2.64. The van der Waals surface area contributed by atoms with Crippen molar-refractivity contribution in [2.24, 2.45) is 52.1 Å². The Hall–Kier alpha value is -0.160. The highest BCUT2D eigenvalue weighted by molar-refractivity contribution is 5.13. The van der Waals surface area contributed by atoms with Gasteiger partial charge in [-0.15, -0.1) is 0 Å². The van der Waals surface area contributed by atoms with E-state index in [-0.39, 0.29) is 17.4 Å². The third kappa shape index (κ3) is 4.02. The molecule has 0 saturated heterocycles. The van der Waals surface area contributed by atoms with Gasteiger partial charge < -0.3 is 21.1 Å². The van der Waals surface area contributed by atoms with Crippen LogP contribution in [0, 0.1) is 46.3 Å². The van der Waals surface area contributed by atoms with E-state index in [2.05, 4.69) is 20.8 Å². The van der Waals surface area contributed by atoms with E-state index >= 15 is 0 Å². The molecule has 0 aromatic rings. The molecule has 4 saturated carbocycles. The first-order valence-electron chi connectivity index (χ1n) is 13.2. The van der Waals surface area contributed by atoms with Crippen molar-refractivity contribution in [3.05, 3.63) is 0 Å². The van der Waals surface area contributed by atoms with Gasteiger partial charge in [-0.3, -0.25) is 0 Å². The average molecular weight is 436 g/mol. The summed E-state index contributed by atoms with van der Waals surface area (Å²) in [6.45, 7) is 11.3. The molecule has 4 heteroatoms. The SMILES string of the molecule is C[C@H](CCCC(C)(C)O)[C@H]1CC[C@H]2[C@@H]3CC(N)[C@H]4[C@@H](O)[C@@H](O)CC[C@]4(C)[C@H]3CC[C@]12C. The summed E-state index contributed by atoms with van der Waals surface area (Å²) in [5, 5.41) is 31.3. The number of aliphatic hydroxyl groups is 3. The van der Waals surface area contributed by atoms with E-state index in [4.69, 9.17) is 5.73 Å². The Balaban J connectivity index is 1.50. The van der Waals surface area contributed by atoms with Crippen LogP contribution in [0.1, 0.15) is 98.8 Å². The largest absolute Gasteiger partial charge is 0.390 e. The summed E-state index contributed by atoms with van der Waals surface area (Å²) < 4.78 is 0. The second kappa shape index (κ2) is 8.25. The van der Waals surface area contributed by atoms with Gasteiger partial charge in [0.25, 0.3) is 0 Å². The molecule has 5 N–H and O–H groups in total. The fraction of sp³-hybridized carbons (Fsp3) is 1.00. The van der Waals surface area contributed by atoms with Gasteiger partial charge in [0.1, 0.15) is 0 Å². The molecular formula is C27H49NO3. The lowest BCUT2D eigenvalue weighted by Gasteiger charge is -2.63. The molecule has 1 unspecified atom stereocenters. The van der Waals surface area contributed by atoms with Crippen LogP contribution in [0.15, 0.2) is 0 Å². The monoisotopic (exact) mass is 435 g/mol. The maximum absolute atomic E-state index is 10.8. The van der Waals surface area contributed by atoms with Crippen LogP contribution in [-0.2, 0) is 0 Å². The van der Waals surface area contributed by atoms with E-state index in [0.29, 0.717) is 29.6 Å². The number of hydrogen-bond acceptors (Lipinski definition) is 4. The molecule has 4 aliphatic rings. The zero-order chi connectivity index (χ0) is 22.8. The summed E-state index contributed by atoms with van der Waals surface area (Å²) in [6, 6.07) is 0.00168. The van der Waals surface area contributed by atoms with Crippen molar-refractivity contribution in [1.29, 1.82) is 0 Å². The molecule has 0 aliphatic heterocycles. The van der Waals surface area contributed by atoms with E-state index in [1.165, 1.54) is 32.1 Å². The number of rotatable bonds is 5. The fourth-order valence-electron chi connectivity index (χ4n) is 9.53. The first kappa shape index (κ1) is 24.0. The quantitative estimate of drug-likeness (QED) is 0.512. The first-order valence-corrected chi connectivity index (χ1v) is 13.2. The lowest BCUT2D eigenvalue weighted by atomic mass is 9.43. The molecule has 4 aliphatic carbocycles. The summed E-state index contributed by atoms with van der Waals surface area (Å²) in [5.74, 6) is 3.59. The van der Waals surface area contributed by atoms with Crippen LogP contribution in [-0.4, -0.2) is 39.2 Å². The Bertz CT molecular complexity index is 647. The molecular weight excluding hydrogens is 386 g/mol. The maximum Gasteiger partial charge on any atom is 0.0847 e. The molecule has 0 radical (unpaired) electrons. The van der Waals surface area contributed by atoms with Crippen LogP contribution < -0.4 is 5.73 Å². The summed E-state index contributed by atoms with van der Waals surface area (Å²) in [4.78, 5) is 0. The molecule has 4 rings (SSSR count). The number of nitrogens with two attached hydrogens (primary N) is 1. The lowest BCUT2D eigenvalue weighted by molar-refractivity contribution is -0.181. The number of fused-ring (bicyclic) bond motifs is 5. The van der Waals surface area contributed by atoms with Crippen LogP contribution in [0.25, 0.3) is 0 Å². The van der Waals surface area contributed by atoms with Crippen molar-refractivity contribution in [2.75, 3.05) is 0 Å². The highest BCUT2D eigenvalue weighted by Crippen LogP contribution is 2.68. The van der Waals surface area contributed by atoms with Crippen molar-refractivity contribution in [3.8, 4) is 0 Å². The van der Waals surface area contributed by atoms with Gasteiger partial charge in [-0.05, 0) is 106 Å². The number of hydrogen-bond donors (Lipinski definition) is 4. The Morgan fingerprint density at radius 1 is 1.00 bits per heavy atom. The average Bonchev–Trinajstić information content (AvgIpc) is 3.01. The summed E-state index contributed by atoms with van der Waals surface area (Å²) >= 11 is 0. The topological polar surface area (TPSA) is 86.7 Å². The summed E-state index contributed by atoms with van der Waals surface area (Å²) in [7, 11) is 0. The van der Waals surface area contributed by atoms with Gasteiger partial charge in [-0.2, -0.15) is 0 Å². The van der Waals surface area contributed by atoms with Crippen molar-refractivity contribution in [3.63, 3.8) is 0 Å². The van der Waals surface area contributed by atoms with Gasteiger partial charge in [0, 0.05) is 12.0 Å².